The molecule has 18 heavy (non-hydrogen) atoms. The topological polar surface area (TPSA) is 66.0 Å². The van der Waals surface area contributed by atoms with Crippen LogP contribution in [0.2, 0.25) is 5.02 Å². The van der Waals surface area contributed by atoms with Gasteiger partial charge in [0.05, 0.1) is 5.56 Å². The third kappa shape index (κ3) is 2.36. The summed E-state index contributed by atoms with van der Waals surface area (Å²) in [5.41, 5.74) is 1.77. The molecular weight excluding hydrogens is 252 g/mol. The van der Waals surface area contributed by atoms with Crippen molar-refractivity contribution in [2.75, 3.05) is 0 Å². The van der Waals surface area contributed by atoms with Crippen LogP contribution >= 0.6 is 11.6 Å². The molecule has 0 amide bonds. The molecule has 0 fully saturated rings. The number of aliphatic carboxylic acids is 1. The summed E-state index contributed by atoms with van der Waals surface area (Å²) < 4.78 is 1.46. The van der Waals surface area contributed by atoms with Crippen molar-refractivity contribution in [3.8, 4) is 17.2 Å². The van der Waals surface area contributed by atoms with Crippen molar-refractivity contribution in [3.05, 3.63) is 47.2 Å². The second-order valence-electron chi connectivity index (χ2n) is 3.74. The smallest absolute Gasteiger partial charge is 0.323 e. The Labute approximate surface area is 109 Å². The highest BCUT2D eigenvalue weighted by Gasteiger charge is 2.12. The number of nitriles is 1. The fourth-order valence-electron chi connectivity index (χ4n) is 1.74. The van der Waals surface area contributed by atoms with E-state index in [9.17, 15) is 4.79 Å². The van der Waals surface area contributed by atoms with Gasteiger partial charge in [0, 0.05) is 28.5 Å². The number of nitrogens with zero attached hydrogens (tertiary/aromatic N) is 2. The number of rotatable bonds is 3. The highest BCUT2D eigenvalue weighted by molar-refractivity contribution is 6.33. The predicted molar refractivity (Wildman–Crippen MR) is 67.2 cm³/mol. The molecule has 0 bridgehead atoms. The number of carbonyl (C=O) groups is 1. The molecule has 2 aromatic rings. The Hall–Kier alpha value is -2.25. The van der Waals surface area contributed by atoms with Crippen LogP contribution in [0.25, 0.3) is 11.1 Å². The summed E-state index contributed by atoms with van der Waals surface area (Å²) in [5.74, 6) is -0.958. The molecule has 0 radical (unpaired) electrons. The molecule has 0 saturated heterocycles. The fourth-order valence-corrected chi connectivity index (χ4v) is 1.98. The molecule has 4 nitrogen and oxygen atoms in total. The first-order valence-electron chi connectivity index (χ1n) is 5.18. The first-order chi connectivity index (χ1) is 8.61. The summed E-state index contributed by atoms with van der Waals surface area (Å²) in [6.45, 7) is -0.181. The Bertz CT molecular complexity index is 641. The van der Waals surface area contributed by atoms with Gasteiger partial charge in [-0.05, 0) is 6.07 Å². The Morgan fingerprint density at radius 3 is 2.67 bits per heavy atom. The van der Waals surface area contributed by atoms with Gasteiger partial charge in [0.25, 0.3) is 0 Å². The van der Waals surface area contributed by atoms with Crippen molar-refractivity contribution in [3.63, 3.8) is 0 Å². The van der Waals surface area contributed by atoms with E-state index in [0.29, 0.717) is 16.1 Å². The zero-order valence-electron chi connectivity index (χ0n) is 9.30. The molecule has 90 valence electrons. The highest BCUT2D eigenvalue weighted by Crippen LogP contribution is 2.30. The Morgan fingerprint density at radius 2 is 2.06 bits per heavy atom. The van der Waals surface area contributed by atoms with Crippen LogP contribution in [0, 0.1) is 11.3 Å². The molecular formula is C13H9ClN2O2. The third-order valence-electron chi connectivity index (χ3n) is 2.48. The van der Waals surface area contributed by atoms with E-state index in [1.54, 1.807) is 24.4 Å². The van der Waals surface area contributed by atoms with Crippen molar-refractivity contribution in [1.82, 2.24) is 4.57 Å². The van der Waals surface area contributed by atoms with E-state index >= 15 is 0 Å². The van der Waals surface area contributed by atoms with Gasteiger partial charge in [-0.3, -0.25) is 4.79 Å². The average molecular weight is 261 g/mol. The second kappa shape index (κ2) is 4.94. The van der Waals surface area contributed by atoms with Crippen LogP contribution in [0.15, 0.2) is 36.7 Å². The van der Waals surface area contributed by atoms with Gasteiger partial charge in [0.2, 0.25) is 0 Å². The van der Waals surface area contributed by atoms with Crippen molar-refractivity contribution in [1.29, 1.82) is 5.26 Å². The molecule has 2 rings (SSSR count). The summed E-state index contributed by atoms with van der Waals surface area (Å²) in [6, 6.07) is 9.18. The quantitative estimate of drug-likeness (QED) is 0.923. The van der Waals surface area contributed by atoms with E-state index in [0.717, 1.165) is 5.56 Å². The van der Waals surface area contributed by atoms with Gasteiger partial charge in [-0.25, -0.2) is 0 Å². The van der Waals surface area contributed by atoms with Crippen molar-refractivity contribution in [2.45, 2.75) is 6.54 Å². The summed E-state index contributed by atoms with van der Waals surface area (Å²) in [7, 11) is 0. The SMILES string of the molecule is N#Cc1cn(CC(=O)O)cc1-c1ccccc1Cl. The van der Waals surface area contributed by atoms with Crippen molar-refractivity contribution < 1.29 is 9.90 Å². The molecule has 1 heterocycles. The zero-order chi connectivity index (χ0) is 13.1. The average Bonchev–Trinajstić information content (AvgIpc) is 2.71. The molecule has 1 aromatic heterocycles. The monoisotopic (exact) mass is 260 g/mol. The first kappa shape index (κ1) is 12.2. The fraction of sp³-hybridized carbons (Fsp3) is 0.0769. The van der Waals surface area contributed by atoms with Crippen LogP contribution < -0.4 is 0 Å². The van der Waals surface area contributed by atoms with Gasteiger partial charge in [-0.15, -0.1) is 0 Å². The van der Waals surface area contributed by atoms with Crippen molar-refractivity contribution in [2.24, 2.45) is 0 Å². The summed E-state index contributed by atoms with van der Waals surface area (Å²) >= 11 is 6.07. The minimum atomic E-state index is -0.958. The predicted octanol–water partition coefficient (Wildman–Crippen LogP) is 2.76. The maximum Gasteiger partial charge on any atom is 0.323 e. The number of benzene rings is 1. The Kier molecular flexibility index (Phi) is 3.35. The van der Waals surface area contributed by atoms with E-state index in [4.69, 9.17) is 22.0 Å². The summed E-state index contributed by atoms with van der Waals surface area (Å²) in [5, 5.41) is 18.3. The summed E-state index contributed by atoms with van der Waals surface area (Å²) in [6.07, 6.45) is 3.13. The summed E-state index contributed by atoms with van der Waals surface area (Å²) in [4.78, 5) is 10.7. The van der Waals surface area contributed by atoms with Gasteiger partial charge >= 0.3 is 5.97 Å². The molecule has 0 aliphatic heterocycles. The molecule has 0 spiro atoms. The van der Waals surface area contributed by atoms with Crippen LogP contribution in [0.1, 0.15) is 5.56 Å². The van der Waals surface area contributed by atoms with Crippen LogP contribution in [0.3, 0.4) is 0 Å². The molecule has 1 N–H and O–H groups in total. The minimum absolute atomic E-state index is 0.181. The number of hydrogen-bond donors (Lipinski definition) is 1. The van der Waals surface area contributed by atoms with E-state index in [2.05, 4.69) is 0 Å². The number of hydrogen-bond acceptors (Lipinski definition) is 2. The molecule has 1 aromatic carbocycles. The number of halogens is 1. The maximum atomic E-state index is 10.7. The van der Waals surface area contributed by atoms with Crippen LogP contribution in [-0.2, 0) is 11.3 Å². The lowest BCUT2D eigenvalue weighted by Gasteiger charge is -2.01. The van der Waals surface area contributed by atoms with E-state index < -0.39 is 5.97 Å². The Balaban J connectivity index is 2.51. The highest BCUT2D eigenvalue weighted by atomic mass is 35.5. The Morgan fingerprint density at radius 1 is 1.33 bits per heavy atom. The van der Waals surface area contributed by atoms with Crippen LogP contribution in [-0.4, -0.2) is 15.6 Å². The number of carboxylic acids is 1. The molecule has 0 aliphatic carbocycles. The van der Waals surface area contributed by atoms with Gasteiger partial charge in [0.1, 0.15) is 12.6 Å². The van der Waals surface area contributed by atoms with E-state index in [-0.39, 0.29) is 6.54 Å². The maximum absolute atomic E-state index is 10.7. The molecule has 0 saturated carbocycles. The zero-order valence-corrected chi connectivity index (χ0v) is 10.1. The number of aromatic nitrogens is 1. The molecule has 5 heteroatoms. The normalized spacial score (nSPS) is 10.0. The lowest BCUT2D eigenvalue weighted by molar-refractivity contribution is -0.137. The standard InChI is InChI=1S/C13H9ClN2O2/c14-12-4-2-1-3-10(12)11-7-16(8-13(17)18)6-9(11)5-15/h1-4,6-7H,8H2,(H,17,18). The first-order valence-corrected chi connectivity index (χ1v) is 5.56. The molecule has 0 aliphatic rings. The van der Waals surface area contributed by atoms with Gasteiger partial charge < -0.3 is 9.67 Å². The lowest BCUT2D eigenvalue weighted by atomic mass is 10.1. The van der Waals surface area contributed by atoms with E-state index in [1.165, 1.54) is 10.8 Å². The minimum Gasteiger partial charge on any atom is -0.480 e. The third-order valence-corrected chi connectivity index (χ3v) is 2.81. The van der Waals surface area contributed by atoms with Crippen LogP contribution in [0.5, 0.6) is 0 Å². The van der Waals surface area contributed by atoms with Gasteiger partial charge in [-0.2, -0.15) is 5.26 Å². The van der Waals surface area contributed by atoms with Crippen LogP contribution in [0.4, 0.5) is 0 Å². The molecule has 0 atom stereocenters. The van der Waals surface area contributed by atoms with E-state index in [1.807, 2.05) is 12.1 Å². The largest absolute Gasteiger partial charge is 0.480 e. The lowest BCUT2D eigenvalue weighted by Crippen LogP contribution is -2.06. The second-order valence-corrected chi connectivity index (χ2v) is 4.15. The van der Waals surface area contributed by atoms with Gasteiger partial charge in [0.15, 0.2) is 0 Å². The van der Waals surface area contributed by atoms with Gasteiger partial charge in [-0.1, -0.05) is 29.8 Å². The number of carboxylic acid groups (broad SMARTS) is 1. The van der Waals surface area contributed by atoms with Crippen molar-refractivity contribution >= 4 is 17.6 Å². The molecule has 0 unspecified atom stereocenters.